The number of rotatable bonds is 16. The third-order valence-electron chi connectivity index (χ3n) is 4.15. The zero-order chi connectivity index (χ0) is 23.1. The summed E-state index contributed by atoms with van der Waals surface area (Å²) in [6, 6.07) is -4.35. The second-order valence-corrected chi connectivity index (χ2v) is 7.91. The van der Waals surface area contributed by atoms with Gasteiger partial charge in [-0.1, -0.05) is 0 Å². The third-order valence-corrected chi connectivity index (χ3v) is 5.16. The van der Waals surface area contributed by atoms with E-state index in [0.29, 0.717) is 25.1 Å². The van der Waals surface area contributed by atoms with E-state index >= 15 is 0 Å². The number of aliphatic hydroxyl groups excluding tert-OH is 1. The third kappa shape index (κ3) is 11.0. The molecule has 4 atom stereocenters. The minimum Gasteiger partial charge on any atom is -0.480 e. The lowest BCUT2D eigenvalue weighted by molar-refractivity contribution is -0.141. The van der Waals surface area contributed by atoms with Gasteiger partial charge in [-0.05, 0) is 44.2 Å². The van der Waals surface area contributed by atoms with E-state index in [1.165, 1.54) is 11.8 Å². The smallest absolute Gasteiger partial charge is 0.327 e. The van der Waals surface area contributed by atoms with Crippen LogP contribution in [0.3, 0.4) is 0 Å². The summed E-state index contributed by atoms with van der Waals surface area (Å²) in [5.41, 5.74) is 11.0. The molecule has 13 heteroatoms. The minimum atomic E-state index is -1.24. The van der Waals surface area contributed by atoms with Crippen molar-refractivity contribution in [3.63, 3.8) is 0 Å². The van der Waals surface area contributed by atoms with Crippen molar-refractivity contribution in [3.8, 4) is 0 Å². The summed E-state index contributed by atoms with van der Waals surface area (Å²) in [4.78, 5) is 48.5. The fourth-order valence-electron chi connectivity index (χ4n) is 2.36. The number of amides is 3. The van der Waals surface area contributed by atoms with E-state index in [-0.39, 0.29) is 18.6 Å². The molecular formula is C17H33N5O6S2. The molecule has 0 bridgehead atoms. The highest BCUT2D eigenvalue weighted by Crippen LogP contribution is 2.06. The first-order valence-electron chi connectivity index (χ1n) is 9.51. The van der Waals surface area contributed by atoms with E-state index in [1.807, 2.05) is 6.26 Å². The van der Waals surface area contributed by atoms with Crippen molar-refractivity contribution in [1.82, 2.24) is 16.0 Å². The molecule has 0 saturated carbocycles. The Morgan fingerprint density at radius 3 is 1.97 bits per heavy atom. The monoisotopic (exact) mass is 467 g/mol. The van der Waals surface area contributed by atoms with Crippen molar-refractivity contribution in [3.05, 3.63) is 0 Å². The van der Waals surface area contributed by atoms with Crippen LogP contribution in [0.4, 0.5) is 0 Å². The highest BCUT2D eigenvalue weighted by Gasteiger charge is 2.29. The molecule has 0 fully saturated rings. The quantitative estimate of drug-likeness (QED) is 0.0905. The number of aliphatic hydroxyl groups is 1. The Morgan fingerprint density at radius 2 is 1.50 bits per heavy atom. The Morgan fingerprint density at radius 1 is 0.967 bits per heavy atom. The van der Waals surface area contributed by atoms with Crippen LogP contribution in [-0.4, -0.2) is 89.0 Å². The van der Waals surface area contributed by atoms with Gasteiger partial charge < -0.3 is 37.6 Å². The molecule has 3 amide bonds. The van der Waals surface area contributed by atoms with Crippen LogP contribution in [0.1, 0.15) is 25.7 Å². The standard InChI is InChI=1S/C17H33N5O6S2/c1-30-7-5-12(16(26)22-13(9-29)17(27)28)21-15(25)11(4-2-3-6-18)20-14(24)10(19)8-23/h10-13,23,29H,2-9,18-19H2,1H3,(H,20,24)(H,21,25)(H,22,26)(H,27,28). The van der Waals surface area contributed by atoms with Crippen LogP contribution >= 0.6 is 24.4 Å². The second-order valence-electron chi connectivity index (χ2n) is 6.56. The lowest BCUT2D eigenvalue weighted by atomic mass is 10.1. The largest absolute Gasteiger partial charge is 0.480 e. The molecule has 0 heterocycles. The summed E-state index contributed by atoms with van der Waals surface area (Å²) in [6.45, 7) is -0.167. The molecule has 0 radical (unpaired) electrons. The molecular weight excluding hydrogens is 434 g/mol. The van der Waals surface area contributed by atoms with Gasteiger partial charge in [0.1, 0.15) is 24.2 Å². The molecule has 0 aliphatic heterocycles. The molecule has 0 aromatic carbocycles. The maximum Gasteiger partial charge on any atom is 0.327 e. The topological polar surface area (TPSA) is 197 Å². The van der Waals surface area contributed by atoms with Crippen LogP contribution in [0.15, 0.2) is 0 Å². The SMILES string of the molecule is CSCCC(NC(=O)C(CCCCN)NC(=O)C(N)CO)C(=O)NC(CS)C(=O)O. The molecule has 0 aliphatic rings. The van der Waals surface area contributed by atoms with E-state index < -0.39 is 54.5 Å². The van der Waals surface area contributed by atoms with Gasteiger partial charge in [0.2, 0.25) is 17.7 Å². The number of carbonyl (C=O) groups is 4. The van der Waals surface area contributed by atoms with Crippen molar-refractivity contribution in [2.75, 3.05) is 30.9 Å². The summed E-state index contributed by atoms with van der Waals surface area (Å²) in [5.74, 6) is -2.77. The van der Waals surface area contributed by atoms with Crippen LogP contribution in [0.2, 0.25) is 0 Å². The average Bonchev–Trinajstić information content (AvgIpc) is 2.72. The zero-order valence-electron chi connectivity index (χ0n) is 17.0. The first-order chi connectivity index (χ1) is 14.2. The molecule has 9 N–H and O–H groups in total. The number of nitrogens with two attached hydrogens (primary N) is 2. The van der Waals surface area contributed by atoms with Gasteiger partial charge in [0, 0.05) is 5.75 Å². The van der Waals surface area contributed by atoms with Gasteiger partial charge in [-0.3, -0.25) is 14.4 Å². The number of hydrogen-bond donors (Lipinski definition) is 8. The average molecular weight is 468 g/mol. The van der Waals surface area contributed by atoms with Gasteiger partial charge >= 0.3 is 5.97 Å². The summed E-state index contributed by atoms with van der Waals surface area (Å²) in [5, 5.41) is 25.5. The highest BCUT2D eigenvalue weighted by atomic mass is 32.2. The van der Waals surface area contributed by atoms with E-state index in [1.54, 1.807) is 0 Å². The summed E-state index contributed by atoms with van der Waals surface area (Å²) >= 11 is 5.37. The van der Waals surface area contributed by atoms with Gasteiger partial charge in [0.25, 0.3) is 0 Å². The Hall–Kier alpha value is -1.54. The molecule has 11 nitrogen and oxygen atoms in total. The lowest BCUT2D eigenvalue weighted by Crippen LogP contribution is -2.57. The number of nitrogens with one attached hydrogen (secondary N) is 3. The van der Waals surface area contributed by atoms with Crippen LogP contribution in [0.5, 0.6) is 0 Å². The van der Waals surface area contributed by atoms with Crippen molar-refractivity contribution in [2.24, 2.45) is 11.5 Å². The summed E-state index contributed by atoms with van der Waals surface area (Å²) < 4.78 is 0. The number of thioether (sulfide) groups is 1. The Bertz CT molecular complexity index is 569. The molecule has 0 saturated heterocycles. The number of thiol groups is 1. The Kier molecular flexibility index (Phi) is 15.4. The minimum absolute atomic E-state index is 0.110. The van der Waals surface area contributed by atoms with Crippen molar-refractivity contribution < 1.29 is 29.4 Å². The molecule has 4 unspecified atom stereocenters. The van der Waals surface area contributed by atoms with E-state index in [9.17, 15) is 19.2 Å². The normalized spacial score (nSPS) is 14.8. The lowest BCUT2D eigenvalue weighted by Gasteiger charge is -2.24. The summed E-state index contributed by atoms with van der Waals surface area (Å²) in [7, 11) is 0. The molecule has 30 heavy (non-hydrogen) atoms. The molecule has 0 aromatic rings. The molecule has 0 aromatic heterocycles. The van der Waals surface area contributed by atoms with Crippen LogP contribution in [0, 0.1) is 0 Å². The molecule has 174 valence electrons. The number of hydrogen-bond acceptors (Lipinski definition) is 9. The van der Waals surface area contributed by atoms with Gasteiger partial charge in [0.15, 0.2) is 0 Å². The van der Waals surface area contributed by atoms with Crippen molar-refractivity contribution in [1.29, 1.82) is 0 Å². The fourth-order valence-corrected chi connectivity index (χ4v) is 3.08. The number of unbranched alkanes of at least 4 members (excludes halogenated alkanes) is 1. The first-order valence-corrected chi connectivity index (χ1v) is 11.5. The fraction of sp³-hybridized carbons (Fsp3) is 0.765. The van der Waals surface area contributed by atoms with Crippen LogP contribution in [-0.2, 0) is 19.2 Å². The molecule has 0 spiro atoms. The second kappa shape index (κ2) is 16.2. The predicted octanol–water partition coefficient (Wildman–Crippen LogP) is -2.34. The molecule has 0 rings (SSSR count). The maximum atomic E-state index is 12.8. The van der Waals surface area contributed by atoms with E-state index in [4.69, 9.17) is 21.7 Å². The predicted molar refractivity (Wildman–Crippen MR) is 118 cm³/mol. The van der Waals surface area contributed by atoms with Crippen LogP contribution in [0.25, 0.3) is 0 Å². The number of carboxylic acid groups (broad SMARTS) is 1. The van der Waals surface area contributed by atoms with Crippen molar-refractivity contribution in [2.45, 2.75) is 49.9 Å². The first kappa shape index (κ1) is 28.5. The molecule has 0 aliphatic carbocycles. The number of carbonyl (C=O) groups excluding carboxylic acids is 3. The van der Waals surface area contributed by atoms with Crippen molar-refractivity contribution >= 4 is 48.1 Å². The zero-order valence-corrected chi connectivity index (χ0v) is 18.7. The van der Waals surface area contributed by atoms with Crippen LogP contribution < -0.4 is 27.4 Å². The van der Waals surface area contributed by atoms with Gasteiger partial charge in [0.05, 0.1) is 6.61 Å². The van der Waals surface area contributed by atoms with Gasteiger partial charge in [-0.2, -0.15) is 24.4 Å². The summed E-state index contributed by atoms with van der Waals surface area (Å²) in [6.07, 6.45) is 3.53. The van der Waals surface area contributed by atoms with E-state index in [0.717, 1.165) is 0 Å². The number of aliphatic carboxylic acids is 1. The Labute approximate surface area is 185 Å². The Balaban J connectivity index is 5.29. The van der Waals surface area contributed by atoms with E-state index in [2.05, 4.69) is 28.6 Å². The maximum absolute atomic E-state index is 12.8. The highest BCUT2D eigenvalue weighted by molar-refractivity contribution is 7.98. The van der Waals surface area contributed by atoms with Gasteiger partial charge in [-0.25, -0.2) is 4.79 Å². The van der Waals surface area contributed by atoms with Gasteiger partial charge in [-0.15, -0.1) is 0 Å². The number of carboxylic acids is 1.